The second kappa shape index (κ2) is 2.97. The van der Waals surface area contributed by atoms with Gasteiger partial charge in [-0.1, -0.05) is 12.2 Å². The van der Waals surface area contributed by atoms with Crippen molar-refractivity contribution in [1.82, 2.24) is 4.90 Å². The predicted octanol–water partition coefficient (Wildman–Crippen LogP) is 0.268. The minimum atomic E-state index is -1.14. The third kappa shape index (κ3) is 1.06. The van der Waals surface area contributed by atoms with Crippen molar-refractivity contribution in [1.29, 1.82) is 0 Å². The number of imide groups is 1. The number of carboxylic acid groups (broad SMARTS) is 1. The second-order valence-electron chi connectivity index (χ2n) is 5.27. The van der Waals surface area contributed by atoms with Gasteiger partial charge in [0.1, 0.15) is 6.54 Å². The maximum absolute atomic E-state index is 12.3. The van der Waals surface area contributed by atoms with Crippen LogP contribution in [0.3, 0.4) is 0 Å². The summed E-state index contributed by atoms with van der Waals surface area (Å²) in [5.41, 5.74) is -0.702. The Labute approximate surface area is 98.1 Å². The van der Waals surface area contributed by atoms with Crippen molar-refractivity contribution in [3.05, 3.63) is 12.2 Å². The van der Waals surface area contributed by atoms with Gasteiger partial charge in [0, 0.05) is 0 Å². The van der Waals surface area contributed by atoms with Crippen LogP contribution >= 0.6 is 0 Å². The Morgan fingerprint density at radius 3 is 2.82 bits per heavy atom. The largest absolute Gasteiger partial charge is 0.480 e. The lowest BCUT2D eigenvalue weighted by Gasteiger charge is -2.28. The maximum atomic E-state index is 12.3. The summed E-state index contributed by atoms with van der Waals surface area (Å²) >= 11 is 0. The van der Waals surface area contributed by atoms with E-state index in [9.17, 15) is 14.4 Å². The van der Waals surface area contributed by atoms with Crippen LogP contribution in [0.5, 0.6) is 0 Å². The summed E-state index contributed by atoms with van der Waals surface area (Å²) in [6.45, 7) is 1.29. The zero-order valence-corrected chi connectivity index (χ0v) is 9.42. The molecule has 1 aliphatic heterocycles. The highest BCUT2D eigenvalue weighted by Gasteiger charge is 2.67. The van der Waals surface area contributed by atoms with Gasteiger partial charge in [-0.15, -0.1) is 0 Å². The van der Waals surface area contributed by atoms with Gasteiger partial charge in [0.05, 0.1) is 11.3 Å². The molecule has 1 saturated heterocycles. The molecule has 0 aromatic carbocycles. The number of amides is 2. The standard InChI is InChI=1S/C12H13NO4/c1-12-7-3-2-6(4-7)9(12)10(16)13(11(12)17)5-8(14)15/h2-3,6-7,9H,4-5H2,1H3,(H,14,15)/t6-,7+,9+,12+/m0/s1. The fourth-order valence-corrected chi connectivity index (χ4v) is 3.67. The number of rotatable bonds is 2. The zero-order valence-electron chi connectivity index (χ0n) is 9.42. The van der Waals surface area contributed by atoms with Crippen molar-refractivity contribution in [2.24, 2.45) is 23.2 Å². The Bertz CT molecular complexity index is 469. The Morgan fingerprint density at radius 2 is 2.24 bits per heavy atom. The average molecular weight is 235 g/mol. The Morgan fingerprint density at radius 1 is 1.53 bits per heavy atom. The van der Waals surface area contributed by atoms with E-state index in [1.165, 1.54) is 0 Å². The molecule has 3 rings (SSSR count). The first kappa shape index (κ1) is 10.5. The summed E-state index contributed by atoms with van der Waals surface area (Å²) in [4.78, 5) is 36.0. The third-order valence-electron chi connectivity index (χ3n) is 4.49. The molecule has 4 atom stereocenters. The summed E-state index contributed by atoms with van der Waals surface area (Å²) < 4.78 is 0. The molecular weight excluding hydrogens is 222 g/mol. The van der Waals surface area contributed by atoms with Crippen LogP contribution in [0.15, 0.2) is 12.2 Å². The highest BCUT2D eigenvalue weighted by Crippen LogP contribution is 2.60. The van der Waals surface area contributed by atoms with Crippen LogP contribution in [0, 0.1) is 23.2 Å². The lowest BCUT2D eigenvalue weighted by Crippen LogP contribution is -2.39. The Balaban J connectivity index is 2.00. The van der Waals surface area contributed by atoms with E-state index in [0.717, 1.165) is 11.3 Å². The number of carboxylic acids is 1. The number of likely N-dealkylation sites (tertiary alicyclic amines) is 1. The topological polar surface area (TPSA) is 74.7 Å². The van der Waals surface area contributed by atoms with Gasteiger partial charge in [-0.25, -0.2) is 0 Å². The van der Waals surface area contributed by atoms with Gasteiger partial charge in [-0.2, -0.15) is 0 Å². The predicted molar refractivity (Wildman–Crippen MR) is 56.7 cm³/mol. The molecule has 1 saturated carbocycles. The second-order valence-corrected chi connectivity index (χ2v) is 5.27. The molecule has 0 spiro atoms. The molecular formula is C12H13NO4. The highest BCUT2D eigenvalue weighted by atomic mass is 16.4. The fourth-order valence-electron chi connectivity index (χ4n) is 3.67. The van der Waals surface area contributed by atoms with Gasteiger partial charge >= 0.3 is 5.97 Å². The number of aliphatic carboxylic acids is 1. The van der Waals surface area contributed by atoms with Gasteiger partial charge in [0.15, 0.2) is 0 Å². The van der Waals surface area contributed by atoms with Crippen LogP contribution < -0.4 is 0 Å². The SMILES string of the molecule is C[C@]12C(=O)N(CC(=O)O)C(=O)[C@H]1[C@H]1C=C[C@@H]2C1. The van der Waals surface area contributed by atoms with E-state index >= 15 is 0 Å². The smallest absolute Gasteiger partial charge is 0.323 e. The van der Waals surface area contributed by atoms with Gasteiger partial charge in [0.2, 0.25) is 11.8 Å². The van der Waals surface area contributed by atoms with E-state index in [0.29, 0.717) is 0 Å². The first-order valence-electron chi connectivity index (χ1n) is 5.72. The van der Waals surface area contributed by atoms with Crippen LogP contribution in [-0.4, -0.2) is 34.3 Å². The number of hydrogen-bond donors (Lipinski definition) is 1. The number of allylic oxidation sites excluding steroid dienone is 2. The molecule has 2 bridgehead atoms. The van der Waals surface area contributed by atoms with Crippen molar-refractivity contribution in [2.75, 3.05) is 6.54 Å². The van der Waals surface area contributed by atoms with Crippen LogP contribution in [0.2, 0.25) is 0 Å². The van der Waals surface area contributed by atoms with Crippen LogP contribution in [-0.2, 0) is 14.4 Å². The summed E-state index contributed by atoms with van der Waals surface area (Å²) in [6.07, 6.45) is 4.84. The molecule has 1 heterocycles. The minimum absolute atomic E-state index is 0.0905. The zero-order chi connectivity index (χ0) is 12.4. The van der Waals surface area contributed by atoms with Gasteiger partial charge in [0.25, 0.3) is 0 Å². The van der Waals surface area contributed by atoms with Crippen molar-refractivity contribution in [2.45, 2.75) is 13.3 Å². The average Bonchev–Trinajstić information content (AvgIpc) is 2.87. The lowest BCUT2D eigenvalue weighted by atomic mass is 9.71. The molecule has 2 amide bonds. The molecule has 0 aromatic rings. The van der Waals surface area contributed by atoms with E-state index in [-0.39, 0.29) is 29.6 Å². The molecule has 0 unspecified atom stereocenters. The first-order chi connectivity index (χ1) is 7.96. The molecule has 2 fully saturated rings. The first-order valence-corrected chi connectivity index (χ1v) is 5.72. The molecule has 3 aliphatic rings. The number of hydrogen-bond acceptors (Lipinski definition) is 3. The maximum Gasteiger partial charge on any atom is 0.323 e. The molecule has 0 aromatic heterocycles. The van der Waals surface area contributed by atoms with Crippen molar-refractivity contribution >= 4 is 17.8 Å². The summed E-state index contributed by atoms with van der Waals surface area (Å²) in [7, 11) is 0. The van der Waals surface area contributed by atoms with Crippen LogP contribution in [0.1, 0.15) is 13.3 Å². The summed E-state index contributed by atoms with van der Waals surface area (Å²) in [5, 5.41) is 8.74. The van der Waals surface area contributed by atoms with E-state index in [4.69, 9.17) is 5.11 Å². The molecule has 1 N–H and O–H groups in total. The van der Waals surface area contributed by atoms with Crippen molar-refractivity contribution in [3.8, 4) is 0 Å². The van der Waals surface area contributed by atoms with Crippen LogP contribution in [0.25, 0.3) is 0 Å². The van der Waals surface area contributed by atoms with E-state index in [2.05, 4.69) is 0 Å². The van der Waals surface area contributed by atoms with E-state index in [1.54, 1.807) is 6.92 Å². The third-order valence-corrected chi connectivity index (χ3v) is 4.49. The summed E-state index contributed by atoms with van der Waals surface area (Å²) in [5.74, 6) is -1.91. The lowest BCUT2D eigenvalue weighted by molar-refractivity contribution is -0.150. The number of carbonyl (C=O) groups is 3. The van der Waals surface area contributed by atoms with Crippen LogP contribution in [0.4, 0.5) is 0 Å². The molecule has 17 heavy (non-hydrogen) atoms. The summed E-state index contributed by atoms with van der Waals surface area (Å²) in [6, 6.07) is 0. The molecule has 0 radical (unpaired) electrons. The fraction of sp³-hybridized carbons (Fsp3) is 0.583. The van der Waals surface area contributed by atoms with E-state index < -0.39 is 17.9 Å². The monoisotopic (exact) mass is 235 g/mol. The van der Waals surface area contributed by atoms with Gasteiger partial charge < -0.3 is 5.11 Å². The quantitative estimate of drug-likeness (QED) is 0.550. The highest BCUT2D eigenvalue weighted by molar-refractivity contribution is 6.10. The minimum Gasteiger partial charge on any atom is -0.480 e. The van der Waals surface area contributed by atoms with E-state index in [1.807, 2.05) is 12.2 Å². The number of nitrogens with zero attached hydrogens (tertiary/aromatic N) is 1. The Hall–Kier alpha value is -1.65. The Kier molecular flexibility index (Phi) is 1.83. The number of carbonyl (C=O) groups excluding carboxylic acids is 2. The molecule has 5 nitrogen and oxygen atoms in total. The molecule has 5 heteroatoms. The molecule has 90 valence electrons. The van der Waals surface area contributed by atoms with Gasteiger partial charge in [-0.3, -0.25) is 19.3 Å². The molecule has 2 aliphatic carbocycles. The van der Waals surface area contributed by atoms with Crippen molar-refractivity contribution in [3.63, 3.8) is 0 Å². The normalized spacial score (nSPS) is 42.4. The number of fused-ring (bicyclic) bond motifs is 5. The van der Waals surface area contributed by atoms with Crippen molar-refractivity contribution < 1.29 is 19.5 Å². The van der Waals surface area contributed by atoms with Gasteiger partial charge in [-0.05, 0) is 25.2 Å².